The third kappa shape index (κ3) is 5.32. The number of carbonyl (C=O) groups is 2. The van der Waals surface area contributed by atoms with Crippen LogP contribution in [-0.2, 0) is 9.59 Å². The van der Waals surface area contributed by atoms with Gasteiger partial charge in [0.05, 0.1) is 19.4 Å². The van der Waals surface area contributed by atoms with Crippen molar-refractivity contribution in [2.45, 2.75) is 5.16 Å². The molecule has 1 heterocycles. The summed E-state index contributed by atoms with van der Waals surface area (Å²) in [6.45, 7) is -0.145. The predicted octanol–water partition coefficient (Wildman–Crippen LogP) is 2.00. The molecular formula is C19H19FN6O3S. The SMILES string of the molecule is COc1ccccc1-n1nnnc1SCC(=O)N(C)CC(=O)Nc1ccc(F)cc1. The van der Waals surface area contributed by atoms with E-state index in [0.29, 0.717) is 22.3 Å². The van der Waals surface area contributed by atoms with Crippen molar-refractivity contribution in [2.24, 2.45) is 0 Å². The Labute approximate surface area is 176 Å². The van der Waals surface area contributed by atoms with Gasteiger partial charge in [0, 0.05) is 12.7 Å². The van der Waals surface area contributed by atoms with Gasteiger partial charge < -0.3 is 15.0 Å². The molecule has 0 saturated heterocycles. The van der Waals surface area contributed by atoms with Crippen molar-refractivity contribution in [3.8, 4) is 11.4 Å². The summed E-state index contributed by atoms with van der Waals surface area (Å²) >= 11 is 1.14. The number of thioether (sulfide) groups is 1. The lowest BCUT2D eigenvalue weighted by Crippen LogP contribution is -2.36. The van der Waals surface area contributed by atoms with Crippen LogP contribution >= 0.6 is 11.8 Å². The van der Waals surface area contributed by atoms with Gasteiger partial charge in [0.1, 0.15) is 17.3 Å². The highest BCUT2D eigenvalue weighted by Gasteiger charge is 2.17. The van der Waals surface area contributed by atoms with Crippen molar-refractivity contribution in [1.29, 1.82) is 0 Å². The van der Waals surface area contributed by atoms with Crippen LogP contribution in [0.2, 0.25) is 0 Å². The number of tetrazole rings is 1. The Kier molecular flexibility index (Phi) is 6.96. The maximum atomic E-state index is 12.9. The number of amides is 2. The maximum absolute atomic E-state index is 12.9. The van der Waals surface area contributed by atoms with Gasteiger partial charge in [-0.25, -0.2) is 4.39 Å². The summed E-state index contributed by atoms with van der Waals surface area (Å²) in [7, 11) is 3.07. The Bertz CT molecular complexity index is 1030. The number of para-hydroxylation sites is 2. The molecule has 0 spiro atoms. The number of ether oxygens (including phenoxy) is 1. The molecule has 0 aliphatic carbocycles. The van der Waals surface area contributed by atoms with Crippen LogP contribution in [0.1, 0.15) is 0 Å². The third-order valence-electron chi connectivity index (χ3n) is 4.01. The maximum Gasteiger partial charge on any atom is 0.243 e. The smallest absolute Gasteiger partial charge is 0.243 e. The first-order valence-electron chi connectivity index (χ1n) is 8.82. The molecule has 30 heavy (non-hydrogen) atoms. The number of nitrogens with zero attached hydrogens (tertiary/aromatic N) is 5. The standard InChI is InChI=1S/C19H19FN6O3S/c1-25(11-17(27)21-14-9-7-13(20)8-10-14)18(28)12-30-19-22-23-24-26(19)15-5-3-4-6-16(15)29-2/h3-10H,11-12H2,1-2H3,(H,21,27). The van der Waals surface area contributed by atoms with E-state index in [-0.39, 0.29) is 24.1 Å². The minimum atomic E-state index is -0.396. The minimum absolute atomic E-state index is 0.0376. The molecule has 1 N–H and O–H groups in total. The van der Waals surface area contributed by atoms with Gasteiger partial charge in [-0.2, -0.15) is 4.68 Å². The van der Waals surface area contributed by atoms with E-state index in [1.54, 1.807) is 19.2 Å². The summed E-state index contributed by atoms with van der Waals surface area (Å²) in [5.74, 6) is -0.430. The fraction of sp³-hybridized carbons (Fsp3) is 0.211. The first-order valence-corrected chi connectivity index (χ1v) is 9.80. The number of hydrogen-bond donors (Lipinski definition) is 1. The van der Waals surface area contributed by atoms with Crippen LogP contribution in [0.5, 0.6) is 5.75 Å². The summed E-state index contributed by atoms with van der Waals surface area (Å²) in [6, 6.07) is 12.6. The average molecular weight is 430 g/mol. The zero-order chi connectivity index (χ0) is 21.5. The number of nitrogens with one attached hydrogen (secondary N) is 1. The predicted molar refractivity (Wildman–Crippen MR) is 109 cm³/mol. The molecule has 0 radical (unpaired) electrons. The van der Waals surface area contributed by atoms with E-state index < -0.39 is 5.82 Å². The lowest BCUT2D eigenvalue weighted by atomic mass is 10.3. The van der Waals surface area contributed by atoms with Crippen LogP contribution in [0.15, 0.2) is 53.7 Å². The molecule has 0 atom stereocenters. The van der Waals surface area contributed by atoms with Crippen molar-refractivity contribution in [3.05, 3.63) is 54.3 Å². The molecular weight excluding hydrogens is 411 g/mol. The zero-order valence-corrected chi connectivity index (χ0v) is 17.1. The van der Waals surface area contributed by atoms with E-state index in [1.807, 2.05) is 12.1 Å². The van der Waals surface area contributed by atoms with Crippen molar-refractivity contribution in [1.82, 2.24) is 25.1 Å². The van der Waals surface area contributed by atoms with E-state index in [0.717, 1.165) is 11.8 Å². The fourth-order valence-corrected chi connectivity index (χ4v) is 3.32. The zero-order valence-electron chi connectivity index (χ0n) is 16.3. The molecule has 0 saturated carbocycles. The van der Waals surface area contributed by atoms with Gasteiger partial charge in [-0.3, -0.25) is 9.59 Å². The Balaban J connectivity index is 1.56. The molecule has 3 aromatic rings. The van der Waals surface area contributed by atoms with Crippen LogP contribution in [0.25, 0.3) is 5.69 Å². The van der Waals surface area contributed by atoms with Crippen molar-refractivity contribution >= 4 is 29.3 Å². The molecule has 9 nitrogen and oxygen atoms in total. The molecule has 156 valence electrons. The molecule has 0 unspecified atom stereocenters. The van der Waals surface area contributed by atoms with Crippen molar-refractivity contribution in [3.63, 3.8) is 0 Å². The summed E-state index contributed by atoms with van der Waals surface area (Å²) in [6.07, 6.45) is 0. The molecule has 2 aromatic carbocycles. The second-order valence-electron chi connectivity index (χ2n) is 6.14. The number of methoxy groups -OCH3 is 1. The third-order valence-corrected chi connectivity index (χ3v) is 4.92. The van der Waals surface area contributed by atoms with Crippen LogP contribution in [0.3, 0.4) is 0 Å². The summed E-state index contributed by atoms with van der Waals surface area (Å²) in [4.78, 5) is 25.8. The fourth-order valence-electron chi connectivity index (χ4n) is 2.50. The van der Waals surface area contributed by atoms with Gasteiger partial charge in [-0.05, 0) is 46.8 Å². The summed E-state index contributed by atoms with van der Waals surface area (Å²) < 4.78 is 19.7. The van der Waals surface area contributed by atoms with Crippen LogP contribution < -0.4 is 10.1 Å². The van der Waals surface area contributed by atoms with Crippen LogP contribution in [0.4, 0.5) is 10.1 Å². The largest absolute Gasteiger partial charge is 0.494 e. The highest BCUT2D eigenvalue weighted by atomic mass is 32.2. The monoisotopic (exact) mass is 430 g/mol. The Hall–Kier alpha value is -3.47. The van der Waals surface area contributed by atoms with E-state index >= 15 is 0 Å². The summed E-state index contributed by atoms with van der Waals surface area (Å²) in [5.41, 5.74) is 1.10. The summed E-state index contributed by atoms with van der Waals surface area (Å²) in [5, 5.41) is 14.6. The Morgan fingerprint density at radius 2 is 1.93 bits per heavy atom. The van der Waals surface area contributed by atoms with Gasteiger partial charge in [-0.1, -0.05) is 23.9 Å². The highest BCUT2D eigenvalue weighted by Crippen LogP contribution is 2.25. The van der Waals surface area contributed by atoms with Gasteiger partial charge in [0.25, 0.3) is 0 Å². The quantitative estimate of drug-likeness (QED) is 0.545. The molecule has 2 amide bonds. The van der Waals surface area contributed by atoms with Crippen LogP contribution in [-0.4, -0.2) is 63.4 Å². The van der Waals surface area contributed by atoms with E-state index in [4.69, 9.17) is 4.74 Å². The van der Waals surface area contributed by atoms with E-state index in [1.165, 1.54) is 40.9 Å². The Morgan fingerprint density at radius 3 is 2.67 bits per heavy atom. The molecule has 3 rings (SSSR count). The second-order valence-corrected chi connectivity index (χ2v) is 7.08. The first-order chi connectivity index (χ1) is 14.5. The number of anilines is 1. The van der Waals surface area contributed by atoms with E-state index in [9.17, 15) is 14.0 Å². The lowest BCUT2D eigenvalue weighted by Gasteiger charge is -2.16. The number of halogens is 1. The number of rotatable bonds is 8. The van der Waals surface area contributed by atoms with Gasteiger partial charge in [0.2, 0.25) is 17.0 Å². The number of likely N-dealkylation sites (N-methyl/N-ethyl adjacent to an activating group) is 1. The van der Waals surface area contributed by atoms with Gasteiger partial charge in [-0.15, -0.1) is 5.10 Å². The molecule has 0 aliphatic heterocycles. The number of aromatic nitrogens is 4. The molecule has 0 bridgehead atoms. The number of carbonyl (C=O) groups excluding carboxylic acids is 2. The molecule has 0 fully saturated rings. The molecule has 11 heteroatoms. The normalized spacial score (nSPS) is 10.5. The number of hydrogen-bond acceptors (Lipinski definition) is 7. The van der Waals surface area contributed by atoms with Crippen molar-refractivity contribution in [2.75, 3.05) is 31.8 Å². The van der Waals surface area contributed by atoms with Gasteiger partial charge >= 0.3 is 0 Å². The average Bonchev–Trinajstić information content (AvgIpc) is 3.21. The first kappa shape index (κ1) is 21.2. The lowest BCUT2D eigenvalue weighted by molar-refractivity contribution is -0.131. The minimum Gasteiger partial charge on any atom is -0.494 e. The van der Waals surface area contributed by atoms with Crippen LogP contribution in [0, 0.1) is 5.82 Å². The number of benzene rings is 2. The van der Waals surface area contributed by atoms with Gasteiger partial charge in [0.15, 0.2) is 0 Å². The second kappa shape index (κ2) is 9.83. The molecule has 0 aliphatic rings. The van der Waals surface area contributed by atoms with E-state index in [2.05, 4.69) is 20.8 Å². The highest BCUT2D eigenvalue weighted by molar-refractivity contribution is 7.99. The molecule has 1 aromatic heterocycles. The van der Waals surface area contributed by atoms with Crippen molar-refractivity contribution < 1.29 is 18.7 Å². The Morgan fingerprint density at radius 1 is 1.20 bits per heavy atom. The topological polar surface area (TPSA) is 102 Å².